The molecule has 0 bridgehead atoms. The molecule has 0 aromatic carbocycles. The van der Waals surface area contributed by atoms with Crippen molar-refractivity contribution in [1.29, 1.82) is 0 Å². The van der Waals surface area contributed by atoms with E-state index in [0.29, 0.717) is 13.1 Å². The molecule has 0 amide bonds. The largest absolute Gasteiger partial charge is 1.00 e. The van der Waals surface area contributed by atoms with Crippen LogP contribution in [0, 0.1) is 0 Å². The van der Waals surface area contributed by atoms with Crippen LogP contribution >= 0.6 is 0 Å². The van der Waals surface area contributed by atoms with Crippen molar-refractivity contribution in [3.8, 4) is 0 Å². The van der Waals surface area contributed by atoms with Gasteiger partial charge < -0.3 is 19.8 Å². The van der Waals surface area contributed by atoms with Crippen LogP contribution in [0.25, 0.3) is 0 Å². The van der Waals surface area contributed by atoms with Crippen molar-refractivity contribution >= 4 is 11.9 Å². The first-order valence-electron chi connectivity index (χ1n) is 15.3. The summed E-state index contributed by atoms with van der Waals surface area (Å²) in [5.74, 6) is -2.13. The van der Waals surface area contributed by atoms with Crippen LogP contribution in [0.5, 0.6) is 0 Å². The van der Waals surface area contributed by atoms with Crippen LogP contribution < -0.4 is 69.3 Å². The Hall–Kier alpha value is 0.860. The maximum absolute atomic E-state index is 11.2. The SMILES string of the molecule is CCCCCCCCCCCCN(CCN(CCCCCCCCCCCC)CC(=O)[O-])CC(=O)[O-].[Na+].[Na+]. The molecule has 0 saturated heterocycles. The van der Waals surface area contributed by atoms with Crippen molar-refractivity contribution in [2.75, 3.05) is 39.3 Å². The Morgan fingerprint density at radius 1 is 0.421 bits per heavy atom. The molecule has 0 unspecified atom stereocenters. The summed E-state index contributed by atoms with van der Waals surface area (Å²) in [5.41, 5.74) is 0. The van der Waals surface area contributed by atoms with Crippen LogP contribution in [0.2, 0.25) is 0 Å². The van der Waals surface area contributed by atoms with Crippen LogP contribution in [0.1, 0.15) is 142 Å². The van der Waals surface area contributed by atoms with Crippen molar-refractivity contribution in [2.45, 2.75) is 142 Å². The third kappa shape index (κ3) is 33.1. The first kappa shape index (κ1) is 43.3. The van der Waals surface area contributed by atoms with E-state index in [2.05, 4.69) is 13.8 Å². The van der Waals surface area contributed by atoms with Gasteiger partial charge in [-0.1, -0.05) is 129 Å². The second-order valence-electron chi connectivity index (χ2n) is 10.7. The Bertz CT molecular complexity index is 469. The Morgan fingerprint density at radius 2 is 0.658 bits per heavy atom. The van der Waals surface area contributed by atoms with Gasteiger partial charge in [0.05, 0.1) is 11.9 Å². The molecular formula is C30H58N2Na2O4. The molecular weight excluding hydrogens is 498 g/mol. The maximum atomic E-state index is 11.2. The smallest absolute Gasteiger partial charge is 0.549 e. The topological polar surface area (TPSA) is 86.7 Å². The zero-order valence-corrected chi connectivity index (χ0v) is 29.9. The predicted molar refractivity (Wildman–Crippen MR) is 147 cm³/mol. The molecule has 0 aliphatic heterocycles. The van der Waals surface area contributed by atoms with Crippen LogP contribution in [0.3, 0.4) is 0 Å². The molecule has 0 radical (unpaired) electrons. The molecule has 0 saturated carbocycles. The zero-order valence-electron chi connectivity index (χ0n) is 25.9. The summed E-state index contributed by atoms with van der Waals surface area (Å²) in [7, 11) is 0. The monoisotopic (exact) mass is 556 g/mol. The van der Waals surface area contributed by atoms with Gasteiger partial charge in [0.1, 0.15) is 0 Å². The van der Waals surface area contributed by atoms with Gasteiger partial charge in [-0.05, 0) is 25.9 Å². The molecule has 214 valence electrons. The fourth-order valence-electron chi connectivity index (χ4n) is 4.83. The third-order valence-corrected chi connectivity index (χ3v) is 7.09. The molecule has 6 nitrogen and oxygen atoms in total. The van der Waals surface area contributed by atoms with Crippen molar-refractivity contribution < 1.29 is 78.9 Å². The summed E-state index contributed by atoms with van der Waals surface area (Å²) in [5, 5.41) is 22.4. The minimum absolute atomic E-state index is 0. The summed E-state index contributed by atoms with van der Waals surface area (Å²) in [6.45, 7) is 6.85. The van der Waals surface area contributed by atoms with Gasteiger partial charge in [-0.25, -0.2) is 0 Å². The summed E-state index contributed by atoms with van der Waals surface area (Å²) in [6.07, 6.45) is 24.9. The van der Waals surface area contributed by atoms with Crippen LogP contribution in [0.4, 0.5) is 0 Å². The number of aliphatic carboxylic acids is 2. The molecule has 0 heterocycles. The summed E-state index contributed by atoms with van der Waals surface area (Å²) in [4.78, 5) is 26.2. The maximum Gasteiger partial charge on any atom is 1.00 e. The molecule has 8 heteroatoms. The van der Waals surface area contributed by atoms with Gasteiger partial charge in [-0.15, -0.1) is 0 Å². The van der Waals surface area contributed by atoms with E-state index in [9.17, 15) is 19.8 Å². The number of carboxylic acids is 2. The fraction of sp³-hybridized carbons (Fsp3) is 0.933. The number of carbonyl (C=O) groups excluding carboxylic acids is 2. The third-order valence-electron chi connectivity index (χ3n) is 7.09. The molecule has 0 aliphatic rings. The number of nitrogens with zero attached hydrogens (tertiary/aromatic N) is 2. The van der Waals surface area contributed by atoms with Gasteiger partial charge in [0, 0.05) is 26.2 Å². The van der Waals surface area contributed by atoms with Crippen molar-refractivity contribution in [3.63, 3.8) is 0 Å². The standard InChI is InChI=1S/C30H60N2O4.2Na/c1-3-5-7-9-11-13-15-17-19-21-23-31(27-29(33)34)25-26-32(28-30(35)36)24-22-20-18-16-14-12-10-8-6-4-2;;/h3-28H2,1-2H3,(H,33,34)(H,35,36);;/q;2*+1/p-2. The Balaban J connectivity index is -0.00000612. The number of unbranched alkanes of at least 4 members (excludes halogenated alkanes) is 18. The average molecular weight is 557 g/mol. The van der Waals surface area contributed by atoms with E-state index >= 15 is 0 Å². The second-order valence-corrected chi connectivity index (χ2v) is 10.7. The van der Waals surface area contributed by atoms with E-state index < -0.39 is 11.9 Å². The number of hydrogen-bond donors (Lipinski definition) is 0. The van der Waals surface area contributed by atoms with Crippen LogP contribution in [-0.2, 0) is 9.59 Å². The van der Waals surface area contributed by atoms with E-state index in [1.807, 2.05) is 9.80 Å². The first-order chi connectivity index (χ1) is 17.5. The van der Waals surface area contributed by atoms with Crippen LogP contribution in [-0.4, -0.2) is 61.0 Å². The van der Waals surface area contributed by atoms with E-state index in [1.54, 1.807) is 0 Å². The fourth-order valence-corrected chi connectivity index (χ4v) is 4.83. The molecule has 0 atom stereocenters. The molecule has 0 fully saturated rings. The summed E-state index contributed by atoms with van der Waals surface area (Å²) < 4.78 is 0. The molecule has 0 spiro atoms. The van der Waals surface area contributed by atoms with Gasteiger partial charge in [-0.3, -0.25) is 9.80 Å². The van der Waals surface area contributed by atoms with E-state index in [1.165, 1.54) is 103 Å². The molecule has 0 aromatic heterocycles. The Labute approximate surface area is 280 Å². The van der Waals surface area contributed by atoms with Gasteiger partial charge in [0.2, 0.25) is 0 Å². The number of carbonyl (C=O) groups is 2. The minimum Gasteiger partial charge on any atom is -0.549 e. The van der Waals surface area contributed by atoms with Crippen molar-refractivity contribution in [1.82, 2.24) is 9.80 Å². The van der Waals surface area contributed by atoms with Crippen LogP contribution in [0.15, 0.2) is 0 Å². The quantitative estimate of drug-likeness (QED) is 0.0863. The molecule has 0 aliphatic carbocycles. The predicted octanol–water partition coefficient (Wildman–Crippen LogP) is -1.06. The van der Waals surface area contributed by atoms with Gasteiger partial charge >= 0.3 is 59.1 Å². The Morgan fingerprint density at radius 3 is 0.895 bits per heavy atom. The number of carboxylic acid groups (broad SMARTS) is 2. The van der Waals surface area contributed by atoms with Crippen molar-refractivity contribution in [3.05, 3.63) is 0 Å². The first-order valence-corrected chi connectivity index (χ1v) is 15.3. The molecule has 0 aromatic rings. The molecule has 0 rings (SSSR count). The second kappa shape index (κ2) is 34.1. The number of hydrogen-bond acceptors (Lipinski definition) is 6. The van der Waals surface area contributed by atoms with E-state index in [0.717, 1.165) is 38.8 Å². The normalized spacial score (nSPS) is 10.9. The molecule has 0 N–H and O–H groups in total. The summed E-state index contributed by atoms with van der Waals surface area (Å²) >= 11 is 0. The zero-order chi connectivity index (χ0) is 26.7. The van der Waals surface area contributed by atoms with E-state index in [4.69, 9.17) is 0 Å². The van der Waals surface area contributed by atoms with Crippen molar-refractivity contribution in [2.24, 2.45) is 0 Å². The minimum atomic E-state index is -1.07. The van der Waals surface area contributed by atoms with Gasteiger partial charge in [0.25, 0.3) is 0 Å². The van der Waals surface area contributed by atoms with Gasteiger partial charge in [-0.2, -0.15) is 0 Å². The van der Waals surface area contributed by atoms with E-state index in [-0.39, 0.29) is 72.2 Å². The molecule has 38 heavy (non-hydrogen) atoms. The average Bonchev–Trinajstić information content (AvgIpc) is 2.83. The van der Waals surface area contributed by atoms with Gasteiger partial charge in [0.15, 0.2) is 0 Å². The Kier molecular flexibility index (Phi) is 38.8. The number of rotatable bonds is 29. The summed E-state index contributed by atoms with van der Waals surface area (Å²) in [6, 6.07) is 0.